The summed E-state index contributed by atoms with van der Waals surface area (Å²) < 4.78 is 16.5. The molecular weight excluding hydrogens is 242 g/mol. The fourth-order valence-corrected chi connectivity index (χ4v) is 1.97. The molecule has 0 atom stereocenters. The van der Waals surface area contributed by atoms with E-state index in [2.05, 4.69) is 18.0 Å². The zero-order chi connectivity index (χ0) is 14.1. The van der Waals surface area contributed by atoms with Crippen molar-refractivity contribution in [1.82, 2.24) is 4.90 Å². The van der Waals surface area contributed by atoms with Crippen LogP contribution < -0.4 is 4.74 Å². The van der Waals surface area contributed by atoms with Crippen LogP contribution in [0.25, 0.3) is 0 Å². The van der Waals surface area contributed by atoms with E-state index >= 15 is 0 Å². The van der Waals surface area contributed by atoms with E-state index in [1.807, 2.05) is 32.0 Å². The van der Waals surface area contributed by atoms with Crippen molar-refractivity contribution in [1.29, 1.82) is 0 Å². The quantitative estimate of drug-likeness (QED) is 0.643. The Bertz CT molecular complexity index is 351. The van der Waals surface area contributed by atoms with Gasteiger partial charge in [0.2, 0.25) is 0 Å². The lowest BCUT2D eigenvalue weighted by atomic mass is 10.2. The number of likely N-dealkylation sites (N-methyl/N-ethyl adjacent to an activating group) is 1. The van der Waals surface area contributed by atoms with E-state index in [0.29, 0.717) is 13.2 Å². The maximum atomic E-state index is 5.55. The number of hydrogen-bond donors (Lipinski definition) is 0. The Morgan fingerprint density at radius 3 is 2.32 bits per heavy atom. The largest absolute Gasteiger partial charge is 0.496 e. The highest BCUT2D eigenvalue weighted by molar-refractivity contribution is 5.32. The summed E-state index contributed by atoms with van der Waals surface area (Å²) in [5.74, 6) is 0.915. The average molecular weight is 267 g/mol. The van der Waals surface area contributed by atoms with Crippen LogP contribution >= 0.6 is 0 Å². The third-order valence-corrected chi connectivity index (χ3v) is 2.80. The molecule has 4 heteroatoms. The summed E-state index contributed by atoms with van der Waals surface area (Å²) >= 11 is 0. The van der Waals surface area contributed by atoms with Gasteiger partial charge in [-0.05, 0) is 27.0 Å². The van der Waals surface area contributed by atoms with Crippen molar-refractivity contribution in [3.8, 4) is 5.75 Å². The Kier molecular flexibility index (Phi) is 7.48. The van der Waals surface area contributed by atoms with Crippen molar-refractivity contribution in [2.75, 3.05) is 33.9 Å². The van der Waals surface area contributed by atoms with E-state index in [0.717, 1.165) is 18.8 Å². The highest BCUT2D eigenvalue weighted by atomic mass is 16.7. The van der Waals surface area contributed by atoms with Gasteiger partial charge in [0.05, 0.1) is 7.11 Å². The second-order valence-corrected chi connectivity index (χ2v) is 4.35. The van der Waals surface area contributed by atoms with Gasteiger partial charge in [-0.25, -0.2) is 0 Å². The van der Waals surface area contributed by atoms with Gasteiger partial charge in [-0.2, -0.15) is 0 Å². The van der Waals surface area contributed by atoms with Crippen LogP contribution in [-0.4, -0.2) is 45.1 Å². The van der Waals surface area contributed by atoms with E-state index in [-0.39, 0.29) is 6.29 Å². The van der Waals surface area contributed by atoms with Crippen molar-refractivity contribution in [3.05, 3.63) is 29.8 Å². The molecule has 0 spiro atoms. The van der Waals surface area contributed by atoms with Gasteiger partial charge in [-0.1, -0.05) is 18.2 Å². The summed E-state index contributed by atoms with van der Waals surface area (Å²) in [6, 6.07) is 8.05. The molecule has 0 aliphatic heterocycles. The molecule has 108 valence electrons. The van der Waals surface area contributed by atoms with Gasteiger partial charge in [0.1, 0.15) is 5.75 Å². The third-order valence-electron chi connectivity index (χ3n) is 2.80. The second-order valence-electron chi connectivity index (χ2n) is 4.35. The molecule has 1 rings (SSSR count). The fourth-order valence-electron chi connectivity index (χ4n) is 1.97. The van der Waals surface area contributed by atoms with Crippen molar-refractivity contribution in [3.63, 3.8) is 0 Å². The van der Waals surface area contributed by atoms with E-state index in [1.165, 1.54) is 5.56 Å². The molecule has 0 saturated carbocycles. The third kappa shape index (κ3) is 5.59. The molecule has 19 heavy (non-hydrogen) atoms. The Labute approximate surface area is 116 Å². The predicted octanol–water partition coefficient (Wildman–Crippen LogP) is 2.53. The Hall–Kier alpha value is -1.10. The van der Waals surface area contributed by atoms with Gasteiger partial charge in [0.15, 0.2) is 6.29 Å². The van der Waals surface area contributed by atoms with Crippen LogP contribution in [0.4, 0.5) is 0 Å². The molecule has 1 aromatic carbocycles. The van der Waals surface area contributed by atoms with Crippen LogP contribution in [0.2, 0.25) is 0 Å². The van der Waals surface area contributed by atoms with E-state index in [9.17, 15) is 0 Å². The summed E-state index contributed by atoms with van der Waals surface area (Å²) in [5.41, 5.74) is 1.17. The molecule has 0 unspecified atom stereocenters. The number of benzene rings is 1. The van der Waals surface area contributed by atoms with Gasteiger partial charge in [-0.3, -0.25) is 4.90 Å². The molecule has 0 aromatic heterocycles. The Morgan fingerprint density at radius 1 is 1.11 bits per heavy atom. The molecule has 4 nitrogen and oxygen atoms in total. The normalized spacial score (nSPS) is 11.3. The molecule has 0 N–H and O–H groups in total. The van der Waals surface area contributed by atoms with E-state index in [1.54, 1.807) is 7.11 Å². The zero-order valence-corrected chi connectivity index (χ0v) is 12.4. The summed E-state index contributed by atoms with van der Waals surface area (Å²) in [6.07, 6.45) is -0.172. The predicted molar refractivity (Wildman–Crippen MR) is 76.4 cm³/mol. The number of para-hydroxylation sites is 1. The minimum absolute atomic E-state index is 0.172. The monoisotopic (exact) mass is 267 g/mol. The van der Waals surface area contributed by atoms with Crippen LogP contribution in [0.5, 0.6) is 5.75 Å². The minimum atomic E-state index is -0.172. The lowest BCUT2D eigenvalue weighted by Crippen LogP contribution is -2.33. The van der Waals surface area contributed by atoms with Crippen LogP contribution in [0.15, 0.2) is 24.3 Å². The highest BCUT2D eigenvalue weighted by Gasteiger charge is 2.13. The van der Waals surface area contributed by atoms with Gasteiger partial charge in [0.25, 0.3) is 0 Å². The lowest BCUT2D eigenvalue weighted by molar-refractivity contribution is -0.145. The smallest absolute Gasteiger partial charge is 0.170 e. The van der Waals surface area contributed by atoms with Gasteiger partial charge >= 0.3 is 0 Å². The van der Waals surface area contributed by atoms with Gasteiger partial charge in [-0.15, -0.1) is 0 Å². The first-order valence-electron chi connectivity index (χ1n) is 6.74. The second kappa shape index (κ2) is 8.91. The fraction of sp³-hybridized carbons (Fsp3) is 0.600. The molecule has 0 saturated heterocycles. The summed E-state index contributed by atoms with van der Waals surface area (Å²) in [6.45, 7) is 6.82. The summed E-state index contributed by atoms with van der Waals surface area (Å²) in [5, 5.41) is 0. The van der Waals surface area contributed by atoms with Crippen LogP contribution in [0.3, 0.4) is 0 Å². The number of hydrogen-bond acceptors (Lipinski definition) is 4. The van der Waals surface area contributed by atoms with Crippen LogP contribution in [-0.2, 0) is 16.0 Å². The van der Waals surface area contributed by atoms with E-state index in [4.69, 9.17) is 14.2 Å². The molecule has 1 aromatic rings. The maximum Gasteiger partial charge on any atom is 0.170 e. The topological polar surface area (TPSA) is 30.9 Å². The molecule has 0 amide bonds. The molecule has 0 bridgehead atoms. The maximum absolute atomic E-state index is 5.55. The lowest BCUT2D eigenvalue weighted by Gasteiger charge is -2.24. The summed E-state index contributed by atoms with van der Waals surface area (Å²) in [7, 11) is 3.75. The SMILES string of the molecule is CCOC(CN(C)Cc1ccccc1OC)OCC. The highest BCUT2D eigenvalue weighted by Crippen LogP contribution is 2.18. The number of methoxy groups -OCH3 is 1. The van der Waals surface area contributed by atoms with Crippen LogP contribution in [0, 0.1) is 0 Å². The van der Waals surface area contributed by atoms with Crippen molar-refractivity contribution >= 4 is 0 Å². The molecule has 0 radical (unpaired) electrons. The van der Waals surface area contributed by atoms with E-state index < -0.39 is 0 Å². The first-order valence-corrected chi connectivity index (χ1v) is 6.74. The molecule has 0 heterocycles. The zero-order valence-electron chi connectivity index (χ0n) is 12.4. The van der Waals surface area contributed by atoms with Crippen molar-refractivity contribution in [2.45, 2.75) is 26.7 Å². The van der Waals surface area contributed by atoms with Crippen molar-refractivity contribution < 1.29 is 14.2 Å². The Balaban J connectivity index is 2.55. The molecule has 0 fully saturated rings. The van der Waals surface area contributed by atoms with Gasteiger partial charge < -0.3 is 14.2 Å². The van der Waals surface area contributed by atoms with Crippen LogP contribution in [0.1, 0.15) is 19.4 Å². The number of ether oxygens (including phenoxy) is 3. The van der Waals surface area contributed by atoms with Crippen molar-refractivity contribution in [2.24, 2.45) is 0 Å². The molecular formula is C15H25NO3. The molecule has 0 aliphatic rings. The first kappa shape index (κ1) is 16.0. The molecule has 0 aliphatic carbocycles. The number of nitrogens with zero attached hydrogens (tertiary/aromatic N) is 1. The summed E-state index contributed by atoms with van der Waals surface area (Å²) in [4.78, 5) is 2.17. The minimum Gasteiger partial charge on any atom is -0.496 e. The van der Waals surface area contributed by atoms with Gasteiger partial charge in [0, 0.05) is 31.9 Å². The first-order chi connectivity index (χ1) is 9.21. The number of rotatable bonds is 9. The Morgan fingerprint density at radius 2 is 1.74 bits per heavy atom. The standard InChI is InChI=1S/C15H25NO3/c1-5-18-15(19-6-2)12-16(3)11-13-9-7-8-10-14(13)17-4/h7-10,15H,5-6,11-12H2,1-4H3. The average Bonchev–Trinajstić information content (AvgIpc) is 2.40.